The molecule has 0 radical (unpaired) electrons. The summed E-state index contributed by atoms with van der Waals surface area (Å²) in [6, 6.07) is 3.98. The molecule has 2 rings (SSSR count). The fourth-order valence-electron chi connectivity index (χ4n) is 2.31. The van der Waals surface area contributed by atoms with Crippen molar-refractivity contribution in [2.45, 2.75) is 32.6 Å². The van der Waals surface area contributed by atoms with E-state index in [0.717, 1.165) is 24.8 Å². The summed E-state index contributed by atoms with van der Waals surface area (Å²) >= 11 is 0. The Labute approximate surface area is 116 Å². The Hall–Kier alpha value is -0.800. The first kappa shape index (κ1) is 15.3. The normalized spacial score (nSPS) is 16.1. The van der Waals surface area contributed by atoms with Gasteiger partial charge in [-0.3, -0.25) is 0 Å². The van der Waals surface area contributed by atoms with E-state index in [1.807, 2.05) is 12.1 Å². The lowest BCUT2D eigenvalue weighted by Crippen LogP contribution is -2.27. The van der Waals surface area contributed by atoms with Gasteiger partial charge in [0.1, 0.15) is 0 Å². The maximum Gasteiger partial charge on any atom is 0.213 e. The standard InChI is InChI=1S/C14H22N2O.ClH/c1-12-4-9-16-14(11-12)17-10-2-3-13-5-7-15-8-6-13;/h4,9,11,13,15H,2-3,5-8,10H2,1H3;1H. The number of aryl methyl sites for hydroxylation is 1. The average Bonchev–Trinajstić information content (AvgIpc) is 2.36. The molecule has 1 aliphatic heterocycles. The van der Waals surface area contributed by atoms with E-state index in [0.29, 0.717) is 0 Å². The monoisotopic (exact) mass is 270 g/mol. The molecule has 0 atom stereocenters. The minimum absolute atomic E-state index is 0. The van der Waals surface area contributed by atoms with Crippen molar-refractivity contribution in [1.29, 1.82) is 0 Å². The van der Waals surface area contributed by atoms with Gasteiger partial charge in [0.25, 0.3) is 0 Å². The van der Waals surface area contributed by atoms with Gasteiger partial charge >= 0.3 is 0 Å². The summed E-state index contributed by atoms with van der Waals surface area (Å²) in [6.45, 7) is 5.22. The smallest absolute Gasteiger partial charge is 0.213 e. The SMILES string of the molecule is Cc1ccnc(OCCCC2CCNCC2)c1.Cl. The third-order valence-corrected chi connectivity index (χ3v) is 3.36. The van der Waals surface area contributed by atoms with Gasteiger partial charge in [0, 0.05) is 12.3 Å². The van der Waals surface area contributed by atoms with Crippen LogP contribution in [0, 0.1) is 12.8 Å². The zero-order valence-electron chi connectivity index (χ0n) is 11.0. The number of rotatable bonds is 5. The number of ether oxygens (including phenoxy) is 1. The molecule has 0 bridgehead atoms. The van der Waals surface area contributed by atoms with Crippen LogP contribution in [0.3, 0.4) is 0 Å². The van der Waals surface area contributed by atoms with E-state index >= 15 is 0 Å². The summed E-state index contributed by atoms with van der Waals surface area (Å²) in [6.07, 6.45) is 6.87. The molecule has 102 valence electrons. The maximum absolute atomic E-state index is 5.65. The maximum atomic E-state index is 5.65. The second-order valence-corrected chi connectivity index (χ2v) is 4.86. The average molecular weight is 271 g/mol. The van der Waals surface area contributed by atoms with E-state index < -0.39 is 0 Å². The molecule has 1 N–H and O–H groups in total. The van der Waals surface area contributed by atoms with Gasteiger partial charge in [-0.05, 0) is 63.2 Å². The second kappa shape index (κ2) is 8.33. The van der Waals surface area contributed by atoms with Crippen molar-refractivity contribution in [2.75, 3.05) is 19.7 Å². The van der Waals surface area contributed by atoms with Gasteiger partial charge in [0.2, 0.25) is 5.88 Å². The Balaban J connectivity index is 0.00000162. The first-order valence-corrected chi connectivity index (χ1v) is 6.61. The molecule has 0 aliphatic carbocycles. The lowest BCUT2D eigenvalue weighted by molar-refractivity contribution is 0.266. The summed E-state index contributed by atoms with van der Waals surface area (Å²) in [5.74, 6) is 1.65. The van der Waals surface area contributed by atoms with Gasteiger partial charge in [-0.1, -0.05) is 0 Å². The molecule has 3 nitrogen and oxygen atoms in total. The van der Waals surface area contributed by atoms with E-state index in [2.05, 4.69) is 17.2 Å². The van der Waals surface area contributed by atoms with Crippen molar-refractivity contribution < 1.29 is 4.74 Å². The first-order valence-electron chi connectivity index (χ1n) is 6.61. The minimum atomic E-state index is 0. The lowest BCUT2D eigenvalue weighted by atomic mass is 9.93. The van der Waals surface area contributed by atoms with E-state index in [9.17, 15) is 0 Å². The largest absolute Gasteiger partial charge is 0.478 e. The number of halogens is 1. The number of pyridine rings is 1. The van der Waals surface area contributed by atoms with Crippen LogP contribution >= 0.6 is 12.4 Å². The van der Waals surface area contributed by atoms with Crippen LogP contribution in [0.5, 0.6) is 5.88 Å². The molecule has 18 heavy (non-hydrogen) atoms. The summed E-state index contributed by atoms with van der Waals surface area (Å²) < 4.78 is 5.65. The molecule has 0 amide bonds. The molecule has 1 aliphatic rings. The predicted molar refractivity (Wildman–Crippen MR) is 76.5 cm³/mol. The number of nitrogens with zero attached hydrogens (tertiary/aromatic N) is 1. The van der Waals surface area contributed by atoms with Gasteiger partial charge in [0.15, 0.2) is 0 Å². The molecular weight excluding hydrogens is 248 g/mol. The number of aromatic nitrogens is 1. The van der Waals surface area contributed by atoms with Gasteiger partial charge in [-0.25, -0.2) is 4.98 Å². The molecule has 2 heterocycles. The van der Waals surface area contributed by atoms with Gasteiger partial charge < -0.3 is 10.1 Å². The molecule has 0 spiro atoms. The van der Waals surface area contributed by atoms with Crippen LogP contribution in [0.25, 0.3) is 0 Å². The van der Waals surface area contributed by atoms with Gasteiger partial charge in [0.05, 0.1) is 6.61 Å². The molecular formula is C14H23ClN2O. The topological polar surface area (TPSA) is 34.1 Å². The van der Waals surface area contributed by atoms with Crippen molar-refractivity contribution in [2.24, 2.45) is 5.92 Å². The van der Waals surface area contributed by atoms with Crippen molar-refractivity contribution in [1.82, 2.24) is 10.3 Å². The molecule has 0 aromatic carbocycles. The minimum Gasteiger partial charge on any atom is -0.478 e. The molecule has 1 saturated heterocycles. The van der Waals surface area contributed by atoms with Crippen molar-refractivity contribution in [3.63, 3.8) is 0 Å². The fraction of sp³-hybridized carbons (Fsp3) is 0.643. The Morgan fingerprint density at radius 2 is 2.17 bits per heavy atom. The highest BCUT2D eigenvalue weighted by Crippen LogP contribution is 2.18. The molecule has 0 saturated carbocycles. The number of piperidine rings is 1. The lowest BCUT2D eigenvalue weighted by Gasteiger charge is -2.22. The van der Waals surface area contributed by atoms with Crippen LogP contribution in [0.4, 0.5) is 0 Å². The predicted octanol–water partition coefficient (Wildman–Crippen LogP) is 2.97. The first-order chi connectivity index (χ1) is 8.34. The summed E-state index contributed by atoms with van der Waals surface area (Å²) in [5, 5.41) is 3.40. The third kappa shape index (κ3) is 5.23. The van der Waals surface area contributed by atoms with Crippen molar-refractivity contribution >= 4 is 12.4 Å². The Bertz CT molecular complexity index is 340. The molecule has 1 fully saturated rings. The summed E-state index contributed by atoms with van der Waals surface area (Å²) in [7, 11) is 0. The van der Waals surface area contributed by atoms with E-state index in [1.165, 1.54) is 37.9 Å². The molecule has 4 heteroatoms. The van der Waals surface area contributed by atoms with E-state index in [-0.39, 0.29) is 12.4 Å². The van der Waals surface area contributed by atoms with Crippen molar-refractivity contribution in [3.05, 3.63) is 23.9 Å². The van der Waals surface area contributed by atoms with Gasteiger partial charge in [-0.15, -0.1) is 12.4 Å². The third-order valence-electron chi connectivity index (χ3n) is 3.36. The highest BCUT2D eigenvalue weighted by molar-refractivity contribution is 5.85. The van der Waals surface area contributed by atoms with Crippen LogP contribution in [-0.4, -0.2) is 24.7 Å². The highest BCUT2D eigenvalue weighted by atomic mass is 35.5. The van der Waals surface area contributed by atoms with Crippen LogP contribution in [0.15, 0.2) is 18.3 Å². The zero-order valence-corrected chi connectivity index (χ0v) is 11.8. The highest BCUT2D eigenvalue weighted by Gasteiger charge is 2.12. The van der Waals surface area contributed by atoms with E-state index in [1.54, 1.807) is 6.20 Å². The Kier molecular flexibility index (Phi) is 7.06. The Morgan fingerprint density at radius 1 is 1.39 bits per heavy atom. The summed E-state index contributed by atoms with van der Waals surface area (Å²) in [5.41, 5.74) is 1.20. The quantitative estimate of drug-likeness (QED) is 0.836. The number of hydrogen-bond acceptors (Lipinski definition) is 3. The second-order valence-electron chi connectivity index (χ2n) is 4.86. The van der Waals surface area contributed by atoms with Crippen LogP contribution in [-0.2, 0) is 0 Å². The Morgan fingerprint density at radius 3 is 2.89 bits per heavy atom. The van der Waals surface area contributed by atoms with Crippen LogP contribution in [0.1, 0.15) is 31.2 Å². The molecule has 0 unspecified atom stereocenters. The van der Waals surface area contributed by atoms with Gasteiger partial charge in [-0.2, -0.15) is 0 Å². The summed E-state index contributed by atoms with van der Waals surface area (Å²) in [4.78, 5) is 4.19. The van der Waals surface area contributed by atoms with Crippen molar-refractivity contribution in [3.8, 4) is 5.88 Å². The number of nitrogens with one attached hydrogen (secondary N) is 1. The molecule has 1 aromatic rings. The fourth-order valence-corrected chi connectivity index (χ4v) is 2.31. The van der Waals surface area contributed by atoms with E-state index in [4.69, 9.17) is 4.74 Å². The molecule has 1 aromatic heterocycles. The number of hydrogen-bond donors (Lipinski definition) is 1. The van der Waals surface area contributed by atoms with Crippen LogP contribution in [0.2, 0.25) is 0 Å². The zero-order chi connectivity index (χ0) is 11.9. The van der Waals surface area contributed by atoms with Crippen LogP contribution < -0.4 is 10.1 Å².